The molecule has 0 saturated carbocycles. The number of hydrogen-bond acceptors (Lipinski definition) is 9. The summed E-state index contributed by atoms with van der Waals surface area (Å²) in [7, 11) is 3.12. The van der Waals surface area contributed by atoms with Crippen LogP contribution in [-0.2, 0) is 9.53 Å². The average Bonchev–Trinajstić information content (AvgIpc) is 3.47. The first-order valence-electron chi connectivity index (χ1n) is 11.4. The zero-order chi connectivity index (χ0) is 26.3. The van der Waals surface area contributed by atoms with Gasteiger partial charge in [-0.1, -0.05) is 17.4 Å². The van der Waals surface area contributed by atoms with Crippen LogP contribution in [0.15, 0.2) is 55.9 Å². The number of aromatic nitrogens is 1. The van der Waals surface area contributed by atoms with Crippen molar-refractivity contribution in [2.45, 2.75) is 19.9 Å². The third-order valence-electron chi connectivity index (χ3n) is 6.02. The van der Waals surface area contributed by atoms with Crippen molar-refractivity contribution >= 4 is 39.3 Å². The van der Waals surface area contributed by atoms with Gasteiger partial charge in [-0.15, -0.1) is 0 Å². The molecule has 11 heteroatoms. The van der Waals surface area contributed by atoms with Crippen molar-refractivity contribution in [2.75, 3.05) is 27.6 Å². The molecule has 3 aromatic rings. The molecule has 0 radical (unpaired) electrons. The Labute approximate surface area is 224 Å². The average molecular weight is 587 g/mol. The van der Waals surface area contributed by atoms with Crippen LogP contribution in [0.4, 0.5) is 0 Å². The fraction of sp³-hybridized carbons (Fsp3) is 0.269. The number of fused-ring (bicyclic) bond motifs is 2. The van der Waals surface area contributed by atoms with Gasteiger partial charge < -0.3 is 23.7 Å². The molecule has 2 aliphatic heterocycles. The summed E-state index contributed by atoms with van der Waals surface area (Å²) in [5.41, 5.74) is 1.85. The standard InChI is InChI=1S/C26H23BrN2O7S/c1-5-34-25(31)22-13(2)28-26-29(23(22)14-6-7-17-20(9-14)36-12-35-17)24(30)21(37-26)10-15-8-16(27)19(33-4)11-18(15)32-3/h6-11,23H,5,12H2,1-4H3/b21-10-. The molecule has 1 atom stereocenters. The summed E-state index contributed by atoms with van der Waals surface area (Å²) < 4.78 is 29.9. The van der Waals surface area contributed by atoms with Crippen molar-refractivity contribution in [3.8, 4) is 23.0 Å². The van der Waals surface area contributed by atoms with Gasteiger partial charge in [-0.3, -0.25) is 9.36 Å². The van der Waals surface area contributed by atoms with E-state index in [1.165, 1.54) is 15.9 Å². The number of halogens is 1. The van der Waals surface area contributed by atoms with Crippen molar-refractivity contribution in [1.82, 2.24) is 4.57 Å². The molecule has 1 aromatic heterocycles. The maximum absolute atomic E-state index is 13.9. The molecular weight excluding hydrogens is 564 g/mol. The normalized spacial score (nSPS) is 16.4. The van der Waals surface area contributed by atoms with E-state index >= 15 is 0 Å². The van der Waals surface area contributed by atoms with Crippen LogP contribution in [0.25, 0.3) is 6.08 Å². The predicted octanol–water partition coefficient (Wildman–Crippen LogP) is 3.31. The molecule has 192 valence electrons. The molecule has 3 heterocycles. The summed E-state index contributed by atoms with van der Waals surface area (Å²) >= 11 is 4.72. The van der Waals surface area contributed by atoms with Gasteiger partial charge >= 0.3 is 5.97 Å². The highest BCUT2D eigenvalue weighted by Gasteiger charge is 2.34. The van der Waals surface area contributed by atoms with Crippen LogP contribution in [0.1, 0.15) is 31.0 Å². The van der Waals surface area contributed by atoms with Gasteiger partial charge in [-0.05, 0) is 59.6 Å². The van der Waals surface area contributed by atoms with Crippen LogP contribution in [0, 0.1) is 0 Å². The molecule has 0 spiro atoms. The van der Waals surface area contributed by atoms with E-state index in [4.69, 9.17) is 23.7 Å². The SMILES string of the molecule is CCOC(=O)C1=C(C)N=c2s/c(=C\c3cc(Br)c(OC)cc3OC)c(=O)n2C1c1ccc2c(c1)OCO2. The molecule has 0 N–H and O–H groups in total. The molecule has 0 saturated heterocycles. The number of ether oxygens (including phenoxy) is 5. The first-order chi connectivity index (χ1) is 17.9. The number of allylic oxidation sites excluding steroid dienone is 1. The second-order valence-corrected chi connectivity index (χ2v) is 10.0. The Bertz CT molecular complexity index is 1620. The minimum absolute atomic E-state index is 0.112. The fourth-order valence-electron chi connectivity index (χ4n) is 4.33. The Kier molecular flexibility index (Phi) is 6.82. The summed E-state index contributed by atoms with van der Waals surface area (Å²) in [6.07, 6.45) is 1.74. The number of methoxy groups -OCH3 is 2. The zero-order valence-corrected chi connectivity index (χ0v) is 22.9. The lowest BCUT2D eigenvalue weighted by Crippen LogP contribution is -2.39. The maximum atomic E-state index is 13.9. The van der Waals surface area contributed by atoms with Crippen molar-refractivity contribution in [3.63, 3.8) is 0 Å². The third-order valence-corrected chi connectivity index (χ3v) is 7.62. The van der Waals surface area contributed by atoms with Crippen LogP contribution in [0.5, 0.6) is 23.0 Å². The summed E-state index contributed by atoms with van der Waals surface area (Å²) in [6.45, 7) is 3.78. The Morgan fingerprint density at radius 2 is 1.95 bits per heavy atom. The summed E-state index contributed by atoms with van der Waals surface area (Å²) in [6, 6.07) is 8.18. The topological polar surface area (TPSA) is 97.6 Å². The Morgan fingerprint density at radius 3 is 2.68 bits per heavy atom. The number of hydrogen-bond donors (Lipinski definition) is 0. The van der Waals surface area contributed by atoms with Gasteiger partial charge in [0, 0.05) is 11.6 Å². The Hall–Kier alpha value is -3.57. The first kappa shape index (κ1) is 25.1. The van der Waals surface area contributed by atoms with E-state index in [1.807, 2.05) is 12.1 Å². The Morgan fingerprint density at radius 1 is 1.19 bits per heavy atom. The summed E-state index contributed by atoms with van der Waals surface area (Å²) in [5.74, 6) is 1.77. The lowest BCUT2D eigenvalue weighted by Gasteiger charge is -2.24. The number of benzene rings is 2. The van der Waals surface area contributed by atoms with E-state index in [-0.39, 0.29) is 19.0 Å². The van der Waals surface area contributed by atoms with Gasteiger partial charge in [0.25, 0.3) is 5.56 Å². The van der Waals surface area contributed by atoms with Crippen molar-refractivity contribution in [3.05, 3.63) is 76.9 Å². The molecule has 9 nitrogen and oxygen atoms in total. The second kappa shape index (κ2) is 10.1. The number of thiazole rings is 1. The van der Waals surface area contributed by atoms with E-state index in [9.17, 15) is 9.59 Å². The zero-order valence-electron chi connectivity index (χ0n) is 20.5. The van der Waals surface area contributed by atoms with Crippen molar-refractivity contribution in [1.29, 1.82) is 0 Å². The van der Waals surface area contributed by atoms with Crippen LogP contribution in [0.3, 0.4) is 0 Å². The highest BCUT2D eigenvalue weighted by Crippen LogP contribution is 2.38. The van der Waals surface area contributed by atoms with Gasteiger partial charge in [-0.2, -0.15) is 0 Å². The summed E-state index contributed by atoms with van der Waals surface area (Å²) in [5, 5.41) is 0. The van der Waals surface area contributed by atoms with E-state index in [0.29, 0.717) is 59.2 Å². The molecule has 5 rings (SSSR count). The molecule has 0 amide bonds. The lowest BCUT2D eigenvalue weighted by atomic mass is 9.95. The fourth-order valence-corrected chi connectivity index (χ4v) is 5.89. The molecule has 1 unspecified atom stereocenters. The Balaban J connectivity index is 1.73. The quantitative estimate of drug-likeness (QED) is 0.409. The number of nitrogens with zero attached hydrogens (tertiary/aromatic N) is 2. The molecular formula is C26H23BrN2O7S. The maximum Gasteiger partial charge on any atom is 0.338 e. The largest absolute Gasteiger partial charge is 0.496 e. The molecule has 37 heavy (non-hydrogen) atoms. The molecule has 0 bridgehead atoms. The number of rotatable bonds is 6. The monoisotopic (exact) mass is 586 g/mol. The van der Waals surface area contributed by atoms with Crippen LogP contribution >= 0.6 is 27.3 Å². The number of carbonyl (C=O) groups excluding carboxylic acids is 1. The van der Waals surface area contributed by atoms with E-state index in [1.54, 1.807) is 52.3 Å². The number of carbonyl (C=O) groups is 1. The van der Waals surface area contributed by atoms with Crippen molar-refractivity contribution < 1.29 is 28.5 Å². The van der Waals surface area contributed by atoms with Gasteiger partial charge in [0.1, 0.15) is 11.5 Å². The minimum Gasteiger partial charge on any atom is -0.496 e. The highest BCUT2D eigenvalue weighted by molar-refractivity contribution is 9.10. The highest BCUT2D eigenvalue weighted by atomic mass is 79.9. The lowest BCUT2D eigenvalue weighted by molar-refractivity contribution is -0.139. The van der Waals surface area contributed by atoms with E-state index < -0.39 is 12.0 Å². The molecule has 2 aliphatic rings. The van der Waals surface area contributed by atoms with Gasteiger partial charge in [-0.25, -0.2) is 9.79 Å². The van der Waals surface area contributed by atoms with E-state index in [2.05, 4.69) is 20.9 Å². The van der Waals surface area contributed by atoms with Gasteiger partial charge in [0.2, 0.25) is 6.79 Å². The van der Waals surface area contributed by atoms with Crippen LogP contribution in [0.2, 0.25) is 0 Å². The predicted molar refractivity (Wildman–Crippen MR) is 140 cm³/mol. The molecule has 2 aromatic carbocycles. The smallest absolute Gasteiger partial charge is 0.338 e. The minimum atomic E-state index is -0.753. The van der Waals surface area contributed by atoms with Gasteiger partial charge in [0.15, 0.2) is 16.3 Å². The second-order valence-electron chi connectivity index (χ2n) is 8.14. The van der Waals surface area contributed by atoms with Crippen LogP contribution < -0.4 is 33.8 Å². The third kappa shape index (κ3) is 4.42. The van der Waals surface area contributed by atoms with E-state index in [0.717, 1.165) is 0 Å². The molecule has 0 fully saturated rings. The summed E-state index contributed by atoms with van der Waals surface area (Å²) in [4.78, 5) is 32.0. The van der Waals surface area contributed by atoms with Gasteiger partial charge in [0.05, 0.1) is 47.1 Å². The van der Waals surface area contributed by atoms with Crippen molar-refractivity contribution in [2.24, 2.45) is 4.99 Å². The first-order valence-corrected chi connectivity index (χ1v) is 13.0. The molecule has 0 aliphatic carbocycles. The number of esters is 1. The van der Waals surface area contributed by atoms with Crippen LogP contribution in [-0.4, -0.2) is 38.2 Å².